The number of rotatable bonds is 5. The maximum atomic E-state index is 12.2. The summed E-state index contributed by atoms with van der Waals surface area (Å²) in [5, 5.41) is 12.0. The Kier molecular flexibility index (Phi) is 5.51. The van der Waals surface area contributed by atoms with E-state index in [2.05, 4.69) is 11.1 Å². The van der Waals surface area contributed by atoms with Crippen molar-refractivity contribution < 1.29 is 8.42 Å². The SMILES string of the molecule is CN(C)S(=O)(=O)c1ccc(-c2csc(/C(C#N)=C\c3ccccc3)n2)cc1. The maximum Gasteiger partial charge on any atom is 0.242 e. The van der Waals surface area contributed by atoms with Gasteiger partial charge in [0.15, 0.2) is 0 Å². The van der Waals surface area contributed by atoms with Crippen LogP contribution in [0.2, 0.25) is 0 Å². The van der Waals surface area contributed by atoms with E-state index in [4.69, 9.17) is 0 Å². The van der Waals surface area contributed by atoms with E-state index in [0.717, 1.165) is 11.1 Å². The van der Waals surface area contributed by atoms with Crippen LogP contribution in [0.1, 0.15) is 10.6 Å². The van der Waals surface area contributed by atoms with Gasteiger partial charge in [-0.15, -0.1) is 11.3 Å². The highest BCUT2D eigenvalue weighted by Crippen LogP contribution is 2.28. The second-order valence-electron chi connectivity index (χ2n) is 5.93. The van der Waals surface area contributed by atoms with Crippen molar-refractivity contribution in [2.75, 3.05) is 14.1 Å². The minimum Gasteiger partial charge on any atom is -0.235 e. The molecule has 0 bridgehead atoms. The summed E-state index contributed by atoms with van der Waals surface area (Å²) in [6.45, 7) is 0. The summed E-state index contributed by atoms with van der Waals surface area (Å²) in [5.41, 5.74) is 2.93. The van der Waals surface area contributed by atoms with Crippen LogP contribution in [0.25, 0.3) is 22.9 Å². The molecule has 0 fully saturated rings. The van der Waals surface area contributed by atoms with Crippen LogP contribution in [0.4, 0.5) is 0 Å². The monoisotopic (exact) mass is 395 g/mol. The summed E-state index contributed by atoms with van der Waals surface area (Å²) in [4.78, 5) is 4.77. The number of aromatic nitrogens is 1. The van der Waals surface area contributed by atoms with Gasteiger partial charge in [-0.05, 0) is 23.8 Å². The summed E-state index contributed by atoms with van der Waals surface area (Å²) in [6, 6.07) is 18.4. The van der Waals surface area contributed by atoms with E-state index < -0.39 is 10.0 Å². The van der Waals surface area contributed by atoms with Crippen molar-refractivity contribution in [1.29, 1.82) is 5.26 Å². The molecule has 7 heteroatoms. The Labute approximate surface area is 162 Å². The molecule has 0 N–H and O–H groups in total. The molecule has 2 aromatic carbocycles. The summed E-state index contributed by atoms with van der Waals surface area (Å²) in [7, 11) is -0.462. The van der Waals surface area contributed by atoms with Gasteiger partial charge in [0, 0.05) is 25.0 Å². The molecule has 136 valence electrons. The first kappa shape index (κ1) is 19.0. The molecule has 0 atom stereocenters. The number of hydrogen-bond acceptors (Lipinski definition) is 5. The van der Waals surface area contributed by atoms with Crippen LogP contribution in [0.5, 0.6) is 0 Å². The van der Waals surface area contributed by atoms with Crippen LogP contribution >= 0.6 is 11.3 Å². The Morgan fingerprint density at radius 2 is 1.78 bits per heavy atom. The third-order valence-electron chi connectivity index (χ3n) is 3.89. The molecule has 0 saturated carbocycles. The summed E-state index contributed by atoms with van der Waals surface area (Å²) in [5.74, 6) is 0. The van der Waals surface area contributed by atoms with Crippen molar-refractivity contribution in [2.45, 2.75) is 4.90 Å². The predicted molar refractivity (Wildman–Crippen MR) is 108 cm³/mol. The van der Waals surface area contributed by atoms with Crippen LogP contribution in [-0.4, -0.2) is 31.8 Å². The van der Waals surface area contributed by atoms with Crippen molar-refractivity contribution in [3.05, 3.63) is 70.5 Å². The highest BCUT2D eigenvalue weighted by molar-refractivity contribution is 7.89. The lowest BCUT2D eigenvalue weighted by Gasteiger charge is -2.11. The van der Waals surface area contributed by atoms with Crippen molar-refractivity contribution in [3.8, 4) is 17.3 Å². The number of nitriles is 1. The molecular weight excluding hydrogens is 378 g/mol. The van der Waals surface area contributed by atoms with Gasteiger partial charge in [-0.2, -0.15) is 5.26 Å². The highest BCUT2D eigenvalue weighted by Gasteiger charge is 2.17. The first-order valence-corrected chi connectivity index (χ1v) is 10.4. The average Bonchev–Trinajstić information content (AvgIpc) is 3.17. The average molecular weight is 396 g/mol. The molecule has 0 aliphatic rings. The Hall–Kier alpha value is -2.79. The molecule has 0 aliphatic heterocycles. The summed E-state index contributed by atoms with van der Waals surface area (Å²) < 4.78 is 25.5. The minimum absolute atomic E-state index is 0.230. The molecule has 5 nitrogen and oxygen atoms in total. The molecule has 3 rings (SSSR count). The minimum atomic E-state index is -3.46. The van der Waals surface area contributed by atoms with Gasteiger partial charge in [0.1, 0.15) is 11.1 Å². The molecule has 0 saturated heterocycles. The smallest absolute Gasteiger partial charge is 0.235 e. The van der Waals surface area contributed by atoms with Crippen LogP contribution in [0, 0.1) is 11.3 Å². The van der Waals surface area contributed by atoms with E-state index in [0.29, 0.717) is 16.3 Å². The molecule has 27 heavy (non-hydrogen) atoms. The maximum absolute atomic E-state index is 12.2. The van der Waals surface area contributed by atoms with Gasteiger partial charge in [0.25, 0.3) is 0 Å². The second kappa shape index (κ2) is 7.84. The van der Waals surface area contributed by atoms with Gasteiger partial charge >= 0.3 is 0 Å². The first-order chi connectivity index (χ1) is 12.9. The number of benzene rings is 2. The van der Waals surface area contributed by atoms with Gasteiger partial charge in [0.2, 0.25) is 10.0 Å². The Bertz CT molecular complexity index is 1110. The van der Waals surface area contributed by atoms with Gasteiger partial charge in [-0.3, -0.25) is 0 Å². The lowest BCUT2D eigenvalue weighted by molar-refractivity contribution is 0.521. The zero-order chi connectivity index (χ0) is 19.4. The number of nitrogens with zero attached hydrogens (tertiary/aromatic N) is 3. The third kappa shape index (κ3) is 4.14. The topological polar surface area (TPSA) is 74.1 Å². The molecule has 0 aliphatic carbocycles. The molecule has 1 heterocycles. The summed E-state index contributed by atoms with van der Waals surface area (Å²) >= 11 is 1.38. The van der Waals surface area contributed by atoms with Crippen molar-refractivity contribution >= 4 is 33.0 Å². The zero-order valence-electron chi connectivity index (χ0n) is 14.8. The van der Waals surface area contributed by atoms with E-state index in [1.807, 2.05) is 35.7 Å². The van der Waals surface area contributed by atoms with E-state index >= 15 is 0 Å². The fourth-order valence-corrected chi connectivity index (χ4v) is 4.09. The van der Waals surface area contributed by atoms with Gasteiger partial charge in [-0.25, -0.2) is 17.7 Å². The van der Waals surface area contributed by atoms with Crippen molar-refractivity contribution in [1.82, 2.24) is 9.29 Å². The molecular formula is C20H17N3O2S2. The lowest BCUT2D eigenvalue weighted by atomic mass is 10.1. The molecule has 0 unspecified atom stereocenters. The standard InChI is InChI=1S/C20H17N3O2S2/c1-23(2)27(24,25)18-10-8-16(9-11-18)19-14-26-20(22-19)17(13-21)12-15-6-4-3-5-7-15/h3-12,14H,1-2H3/b17-12-. The van der Waals surface area contributed by atoms with Gasteiger partial charge < -0.3 is 0 Å². The van der Waals surface area contributed by atoms with E-state index in [1.54, 1.807) is 30.3 Å². The zero-order valence-corrected chi connectivity index (χ0v) is 16.5. The molecule has 3 aromatic rings. The Morgan fingerprint density at radius 1 is 1.11 bits per heavy atom. The fraction of sp³-hybridized carbons (Fsp3) is 0.100. The fourth-order valence-electron chi connectivity index (χ4n) is 2.40. The third-order valence-corrected chi connectivity index (χ3v) is 6.60. The molecule has 0 spiro atoms. The normalized spacial score (nSPS) is 12.1. The second-order valence-corrected chi connectivity index (χ2v) is 8.94. The molecule has 0 radical (unpaired) electrons. The number of hydrogen-bond donors (Lipinski definition) is 0. The molecule has 0 amide bonds. The number of allylic oxidation sites excluding steroid dienone is 1. The van der Waals surface area contributed by atoms with Gasteiger partial charge in [-0.1, -0.05) is 42.5 Å². The Morgan fingerprint density at radius 3 is 2.37 bits per heavy atom. The van der Waals surface area contributed by atoms with E-state index in [-0.39, 0.29) is 4.90 Å². The van der Waals surface area contributed by atoms with Crippen molar-refractivity contribution in [3.63, 3.8) is 0 Å². The van der Waals surface area contributed by atoms with Crippen LogP contribution in [-0.2, 0) is 10.0 Å². The lowest BCUT2D eigenvalue weighted by Crippen LogP contribution is -2.22. The predicted octanol–water partition coefficient (Wildman–Crippen LogP) is 4.12. The Balaban J connectivity index is 1.90. The number of sulfonamides is 1. The van der Waals surface area contributed by atoms with E-state index in [9.17, 15) is 13.7 Å². The quantitative estimate of drug-likeness (QED) is 0.609. The number of thiazole rings is 1. The van der Waals surface area contributed by atoms with E-state index in [1.165, 1.54) is 29.7 Å². The van der Waals surface area contributed by atoms with Crippen LogP contribution < -0.4 is 0 Å². The highest BCUT2D eigenvalue weighted by atomic mass is 32.2. The first-order valence-electron chi connectivity index (χ1n) is 8.07. The molecule has 1 aromatic heterocycles. The van der Waals surface area contributed by atoms with Crippen LogP contribution in [0.3, 0.4) is 0 Å². The van der Waals surface area contributed by atoms with Crippen molar-refractivity contribution in [2.24, 2.45) is 0 Å². The van der Waals surface area contributed by atoms with Gasteiger partial charge in [0.05, 0.1) is 16.2 Å². The van der Waals surface area contributed by atoms with Crippen LogP contribution in [0.15, 0.2) is 64.9 Å². The largest absolute Gasteiger partial charge is 0.242 e. The summed E-state index contributed by atoms with van der Waals surface area (Å²) in [6.07, 6.45) is 1.80.